The van der Waals surface area contributed by atoms with E-state index in [1.54, 1.807) is 29.2 Å². The third-order valence-corrected chi connectivity index (χ3v) is 5.51. The number of hydrogen-bond acceptors (Lipinski definition) is 2. The van der Waals surface area contributed by atoms with E-state index in [1.165, 1.54) is 0 Å². The van der Waals surface area contributed by atoms with Crippen LogP contribution >= 0.6 is 11.6 Å². The molecular weight excluding hydrogens is 360 g/mol. The molecule has 1 fully saturated rings. The summed E-state index contributed by atoms with van der Waals surface area (Å²) < 4.78 is 0. The van der Waals surface area contributed by atoms with Gasteiger partial charge in [0.15, 0.2) is 0 Å². The summed E-state index contributed by atoms with van der Waals surface area (Å²) in [6.45, 7) is 5.64. The molecule has 5 heteroatoms. The largest absolute Gasteiger partial charge is 0.356 e. The van der Waals surface area contributed by atoms with Crippen LogP contribution in [0.15, 0.2) is 48.5 Å². The lowest BCUT2D eigenvalue weighted by Gasteiger charge is -2.19. The Morgan fingerprint density at radius 2 is 1.81 bits per heavy atom. The van der Waals surface area contributed by atoms with Crippen LogP contribution in [0, 0.1) is 12.8 Å². The number of carbonyl (C=O) groups is 2. The number of nitrogens with one attached hydrogen (secondary N) is 1. The summed E-state index contributed by atoms with van der Waals surface area (Å²) in [7, 11) is 0. The molecule has 2 amide bonds. The molecule has 27 heavy (non-hydrogen) atoms. The molecule has 2 atom stereocenters. The molecule has 1 heterocycles. The van der Waals surface area contributed by atoms with Gasteiger partial charge in [-0.3, -0.25) is 9.59 Å². The standard InChI is InChI=1S/C22H25ClN2O2/c1-3-12-24-21(26)19-14-25(22(27)17-10-6-7-11-20(17)23)13-18(19)16-9-5-4-8-15(16)2/h4-11,18-19H,3,12-14H2,1-2H3,(H,24,26)/t18-,19-/m0/s1. The molecule has 1 N–H and O–H groups in total. The van der Waals surface area contributed by atoms with Gasteiger partial charge in [0.05, 0.1) is 16.5 Å². The molecular formula is C22H25ClN2O2. The fourth-order valence-corrected chi connectivity index (χ4v) is 3.95. The van der Waals surface area contributed by atoms with Gasteiger partial charge in [0.2, 0.25) is 5.91 Å². The predicted octanol–water partition coefficient (Wildman–Crippen LogP) is 4.03. The summed E-state index contributed by atoms with van der Waals surface area (Å²) in [5.41, 5.74) is 2.75. The lowest BCUT2D eigenvalue weighted by atomic mass is 9.86. The van der Waals surface area contributed by atoms with Crippen molar-refractivity contribution in [3.05, 3.63) is 70.2 Å². The van der Waals surface area contributed by atoms with Crippen molar-refractivity contribution in [3.8, 4) is 0 Å². The molecule has 142 valence electrons. The monoisotopic (exact) mass is 384 g/mol. The lowest BCUT2D eigenvalue weighted by Crippen LogP contribution is -2.36. The molecule has 2 aromatic carbocycles. The van der Waals surface area contributed by atoms with Crippen LogP contribution in [-0.4, -0.2) is 36.3 Å². The highest BCUT2D eigenvalue weighted by Crippen LogP contribution is 2.35. The fraction of sp³-hybridized carbons (Fsp3) is 0.364. The first-order chi connectivity index (χ1) is 13.0. The molecule has 0 aliphatic carbocycles. The van der Waals surface area contributed by atoms with Gasteiger partial charge in [0, 0.05) is 25.6 Å². The van der Waals surface area contributed by atoms with Crippen molar-refractivity contribution < 1.29 is 9.59 Å². The Morgan fingerprint density at radius 1 is 1.11 bits per heavy atom. The summed E-state index contributed by atoms with van der Waals surface area (Å²) in [6.07, 6.45) is 0.885. The van der Waals surface area contributed by atoms with Crippen molar-refractivity contribution in [3.63, 3.8) is 0 Å². The minimum atomic E-state index is -0.260. The number of rotatable bonds is 5. The molecule has 2 aromatic rings. The van der Waals surface area contributed by atoms with Crippen LogP contribution < -0.4 is 5.32 Å². The van der Waals surface area contributed by atoms with Crippen LogP contribution in [0.1, 0.15) is 40.7 Å². The van der Waals surface area contributed by atoms with Crippen molar-refractivity contribution in [2.45, 2.75) is 26.2 Å². The first-order valence-corrected chi connectivity index (χ1v) is 9.77. The summed E-state index contributed by atoms with van der Waals surface area (Å²) in [5.74, 6) is -0.386. The lowest BCUT2D eigenvalue weighted by molar-refractivity contribution is -0.124. The van der Waals surface area contributed by atoms with E-state index in [2.05, 4.69) is 24.4 Å². The Morgan fingerprint density at radius 3 is 2.52 bits per heavy atom. The van der Waals surface area contributed by atoms with E-state index in [1.807, 2.05) is 19.1 Å². The number of hydrogen-bond donors (Lipinski definition) is 1. The molecule has 0 aromatic heterocycles. The molecule has 0 saturated carbocycles. The van der Waals surface area contributed by atoms with Crippen molar-refractivity contribution >= 4 is 23.4 Å². The molecule has 1 aliphatic rings. The van der Waals surface area contributed by atoms with Crippen molar-refractivity contribution in [2.24, 2.45) is 5.92 Å². The zero-order valence-electron chi connectivity index (χ0n) is 15.7. The van der Waals surface area contributed by atoms with Crippen LogP contribution in [0.3, 0.4) is 0 Å². The Bertz CT molecular complexity index is 837. The second kappa shape index (κ2) is 8.57. The second-order valence-electron chi connectivity index (χ2n) is 7.05. The van der Waals surface area contributed by atoms with Gasteiger partial charge in [0.25, 0.3) is 5.91 Å². The van der Waals surface area contributed by atoms with E-state index in [-0.39, 0.29) is 23.7 Å². The van der Waals surface area contributed by atoms with Gasteiger partial charge in [0.1, 0.15) is 0 Å². The third-order valence-electron chi connectivity index (χ3n) is 5.19. The highest BCUT2D eigenvalue weighted by molar-refractivity contribution is 6.33. The van der Waals surface area contributed by atoms with E-state index in [9.17, 15) is 9.59 Å². The Hall–Kier alpha value is -2.33. The highest BCUT2D eigenvalue weighted by atomic mass is 35.5. The molecule has 0 bridgehead atoms. The molecule has 1 aliphatic heterocycles. The molecule has 0 spiro atoms. The number of nitrogens with zero attached hydrogens (tertiary/aromatic N) is 1. The van der Waals surface area contributed by atoms with Gasteiger partial charge in [-0.1, -0.05) is 54.9 Å². The maximum Gasteiger partial charge on any atom is 0.255 e. The van der Waals surface area contributed by atoms with Crippen LogP contribution in [0.25, 0.3) is 0 Å². The molecule has 4 nitrogen and oxygen atoms in total. The first-order valence-electron chi connectivity index (χ1n) is 9.40. The maximum atomic E-state index is 13.0. The van der Waals surface area contributed by atoms with E-state index in [0.29, 0.717) is 30.2 Å². The summed E-state index contributed by atoms with van der Waals surface area (Å²) >= 11 is 6.22. The quantitative estimate of drug-likeness (QED) is 0.846. The number of carbonyl (C=O) groups excluding carboxylic acids is 2. The number of likely N-dealkylation sites (tertiary alicyclic amines) is 1. The Labute approximate surface area is 165 Å². The van der Waals surface area contributed by atoms with Crippen molar-refractivity contribution in [2.75, 3.05) is 19.6 Å². The number of halogens is 1. The Balaban J connectivity index is 1.89. The fourth-order valence-electron chi connectivity index (χ4n) is 3.74. The maximum absolute atomic E-state index is 13.0. The topological polar surface area (TPSA) is 49.4 Å². The van der Waals surface area contributed by atoms with Crippen LogP contribution in [-0.2, 0) is 4.79 Å². The minimum Gasteiger partial charge on any atom is -0.356 e. The van der Waals surface area contributed by atoms with E-state index in [0.717, 1.165) is 17.5 Å². The first kappa shape index (κ1) is 19.4. The van der Waals surface area contributed by atoms with Gasteiger partial charge in [-0.25, -0.2) is 0 Å². The highest BCUT2D eigenvalue weighted by Gasteiger charge is 2.41. The van der Waals surface area contributed by atoms with E-state index >= 15 is 0 Å². The zero-order valence-corrected chi connectivity index (χ0v) is 16.5. The second-order valence-corrected chi connectivity index (χ2v) is 7.46. The van der Waals surface area contributed by atoms with Gasteiger partial charge in [-0.2, -0.15) is 0 Å². The average molecular weight is 385 g/mol. The smallest absolute Gasteiger partial charge is 0.255 e. The van der Waals surface area contributed by atoms with Crippen molar-refractivity contribution in [1.82, 2.24) is 10.2 Å². The summed E-state index contributed by atoms with van der Waals surface area (Å²) in [6, 6.07) is 15.2. The zero-order chi connectivity index (χ0) is 19.4. The van der Waals surface area contributed by atoms with Crippen LogP contribution in [0.4, 0.5) is 0 Å². The SMILES string of the molecule is CCCNC(=O)[C@H]1CN(C(=O)c2ccccc2Cl)C[C@H]1c1ccccc1C. The summed E-state index contributed by atoms with van der Waals surface area (Å²) in [5, 5.41) is 3.44. The predicted molar refractivity (Wildman–Crippen MR) is 108 cm³/mol. The summed E-state index contributed by atoms with van der Waals surface area (Å²) in [4.78, 5) is 27.6. The van der Waals surface area contributed by atoms with E-state index in [4.69, 9.17) is 11.6 Å². The van der Waals surface area contributed by atoms with Crippen LogP contribution in [0.2, 0.25) is 5.02 Å². The third kappa shape index (κ3) is 4.16. The minimum absolute atomic E-state index is 0.0135. The number of amides is 2. The normalized spacial score (nSPS) is 19.1. The number of benzene rings is 2. The molecule has 1 saturated heterocycles. The number of aryl methyl sites for hydroxylation is 1. The molecule has 0 unspecified atom stereocenters. The van der Waals surface area contributed by atoms with Gasteiger partial charge in [-0.05, 0) is 36.6 Å². The van der Waals surface area contributed by atoms with E-state index < -0.39 is 0 Å². The van der Waals surface area contributed by atoms with Gasteiger partial charge >= 0.3 is 0 Å². The molecule has 3 rings (SSSR count). The Kier molecular flexibility index (Phi) is 6.17. The van der Waals surface area contributed by atoms with Gasteiger partial charge < -0.3 is 10.2 Å². The van der Waals surface area contributed by atoms with Crippen molar-refractivity contribution in [1.29, 1.82) is 0 Å². The average Bonchev–Trinajstić information content (AvgIpc) is 3.11. The molecule has 0 radical (unpaired) electrons. The van der Waals surface area contributed by atoms with Gasteiger partial charge in [-0.15, -0.1) is 0 Å². The van der Waals surface area contributed by atoms with Crippen LogP contribution in [0.5, 0.6) is 0 Å².